The van der Waals surface area contributed by atoms with Gasteiger partial charge < -0.3 is 9.47 Å². The number of carbonyl (C=O) groups is 1. The fourth-order valence-corrected chi connectivity index (χ4v) is 2.66. The number of carbonyl (C=O) groups excluding carboxylic acids is 1. The molecule has 0 radical (unpaired) electrons. The highest BCUT2D eigenvalue weighted by atomic mass is 35.5. The van der Waals surface area contributed by atoms with Gasteiger partial charge in [0.15, 0.2) is 0 Å². The zero-order chi connectivity index (χ0) is 14.5. The lowest BCUT2D eigenvalue weighted by molar-refractivity contribution is 0.0600. The van der Waals surface area contributed by atoms with Crippen molar-refractivity contribution in [3.63, 3.8) is 0 Å². The molecule has 104 valence electrons. The normalized spacial score (nSPS) is 10.2. The van der Waals surface area contributed by atoms with E-state index in [1.165, 1.54) is 7.11 Å². The molecule has 2 aromatic carbocycles. The van der Waals surface area contributed by atoms with Crippen LogP contribution in [0, 0.1) is 0 Å². The first-order valence-corrected chi connectivity index (χ1v) is 7.03. The third kappa shape index (κ3) is 3.46. The summed E-state index contributed by atoms with van der Waals surface area (Å²) in [5.74, 6) is 0.303. The van der Waals surface area contributed by atoms with E-state index in [4.69, 9.17) is 16.3 Å². The Bertz CT molecular complexity index is 611. The molecule has 0 bridgehead atoms. The summed E-state index contributed by atoms with van der Waals surface area (Å²) < 4.78 is 9.84. The number of esters is 1. The standard InChI is InChI=1S/C15H13ClO3S/c1-18-14-9-12(7-8-13(14)16)20-11-5-3-10(4-6-11)15(17)19-2/h3-9H,1-2H3. The fraction of sp³-hybridized carbons (Fsp3) is 0.133. The highest BCUT2D eigenvalue weighted by Crippen LogP contribution is 2.33. The van der Waals surface area contributed by atoms with Crippen LogP contribution in [0.5, 0.6) is 5.75 Å². The van der Waals surface area contributed by atoms with Gasteiger partial charge in [0.25, 0.3) is 0 Å². The van der Waals surface area contributed by atoms with Crippen molar-refractivity contribution in [2.24, 2.45) is 0 Å². The van der Waals surface area contributed by atoms with Gasteiger partial charge in [-0.15, -0.1) is 0 Å². The van der Waals surface area contributed by atoms with E-state index in [1.54, 1.807) is 37.1 Å². The summed E-state index contributed by atoms with van der Waals surface area (Å²) in [4.78, 5) is 13.4. The number of methoxy groups -OCH3 is 2. The summed E-state index contributed by atoms with van der Waals surface area (Å²) in [7, 11) is 2.95. The van der Waals surface area contributed by atoms with Crippen molar-refractivity contribution in [3.05, 3.63) is 53.1 Å². The smallest absolute Gasteiger partial charge is 0.337 e. The molecule has 0 unspecified atom stereocenters. The summed E-state index contributed by atoms with van der Waals surface area (Å²) >= 11 is 7.55. The molecule has 0 N–H and O–H groups in total. The first-order valence-electron chi connectivity index (χ1n) is 5.84. The van der Waals surface area contributed by atoms with Gasteiger partial charge in [0.1, 0.15) is 5.75 Å². The Kier molecular flexibility index (Phi) is 4.93. The third-order valence-electron chi connectivity index (χ3n) is 2.63. The molecular weight excluding hydrogens is 296 g/mol. The van der Waals surface area contributed by atoms with Crippen molar-refractivity contribution in [2.75, 3.05) is 14.2 Å². The lowest BCUT2D eigenvalue weighted by Crippen LogP contribution is -2.00. The van der Waals surface area contributed by atoms with Crippen molar-refractivity contribution in [1.82, 2.24) is 0 Å². The monoisotopic (exact) mass is 308 g/mol. The van der Waals surface area contributed by atoms with Crippen molar-refractivity contribution in [1.29, 1.82) is 0 Å². The molecule has 0 fully saturated rings. The van der Waals surface area contributed by atoms with E-state index < -0.39 is 0 Å². The molecule has 0 aliphatic carbocycles. The largest absolute Gasteiger partial charge is 0.495 e. The second kappa shape index (κ2) is 6.68. The van der Waals surface area contributed by atoms with Crippen molar-refractivity contribution in [3.8, 4) is 5.75 Å². The summed E-state index contributed by atoms with van der Waals surface area (Å²) in [6.07, 6.45) is 0. The van der Waals surface area contributed by atoms with Crippen LogP contribution in [0.4, 0.5) is 0 Å². The number of rotatable bonds is 4. The third-order valence-corrected chi connectivity index (χ3v) is 3.94. The van der Waals surface area contributed by atoms with Crippen LogP contribution in [0.1, 0.15) is 10.4 Å². The van der Waals surface area contributed by atoms with Gasteiger partial charge >= 0.3 is 5.97 Å². The van der Waals surface area contributed by atoms with Gasteiger partial charge in [-0.2, -0.15) is 0 Å². The van der Waals surface area contributed by atoms with Crippen LogP contribution in [0.15, 0.2) is 52.3 Å². The summed E-state index contributed by atoms with van der Waals surface area (Å²) in [6, 6.07) is 12.8. The van der Waals surface area contributed by atoms with E-state index in [0.717, 1.165) is 9.79 Å². The zero-order valence-electron chi connectivity index (χ0n) is 11.1. The van der Waals surface area contributed by atoms with Gasteiger partial charge in [0.05, 0.1) is 24.8 Å². The molecule has 20 heavy (non-hydrogen) atoms. The van der Waals surface area contributed by atoms with Crippen molar-refractivity contribution >= 4 is 29.3 Å². The van der Waals surface area contributed by atoms with Crippen molar-refractivity contribution < 1.29 is 14.3 Å². The molecule has 2 rings (SSSR count). The van der Waals surface area contributed by atoms with Crippen LogP contribution in [-0.2, 0) is 4.74 Å². The van der Waals surface area contributed by atoms with Gasteiger partial charge in [-0.05, 0) is 42.5 Å². The van der Waals surface area contributed by atoms with E-state index in [2.05, 4.69) is 4.74 Å². The van der Waals surface area contributed by atoms with E-state index in [0.29, 0.717) is 16.3 Å². The predicted octanol–water partition coefficient (Wildman–Crippen LogP) is 4.29. The Hall–Kier alpha value is -1.65. The van der Waals surface area contributed by atoms with Crippen LogP contribution in [0.2, 0.25) is 5.02 Å². The van der Waals surface area contributed by atoms with Crippen LogP contribution in [-0.4, -0.2) is 20.2 Å². The molecule has 5 heteroatoms. The van der Waals surface area contributed by atoms with Crippen LogP contribution >= 0.6 is 23.4 Å². The van der Waals surface area contributed by atoms with Crippen LogP contribution in [0.3, 0.4) is 0 Å². The Labute approximate surface area is 126 Å². The predicted molar refractivity (Wildman–Crippen MR) is 79.9 cm³/mol. The second-order valence-electron chi connectivity index (χ2n) is 3.91. The number of hydrogen-bond acceptors (Lipinski definition) is 4. The van der Waals surface area contributed by atoms with Gasteiger partial charge in [0.2, 0.25) is 0 Å². The molecule has 0 amide bonds. The number of halogens is 1. The number of ether oxygens (including phenoxy) is 2. The summed E-state index contributed by atoms with van der Waals surface area (Å²) in [5.41, 5.74) is 0.533. The molecule has 0 spiro atoms. The quantitative estimate of drug-likeness (QED) is 0.790. The van der Waals surface area contributed by atoms with E-state index >= 15 is 0 Å². The van der Waals surface area contributed by atoms with Crippen molar-refractivity contribution in [2.45, 2.75) is 9.79 Å². The average Bonchev–Trinajstić information content (AvgIpc) is 2.49. The molecule has 2 aromatic rings. The molecule has 0 aliphatic heterocycles. The van der Waals surface area contributed by atoms with Crippen LogP contribution < -0.4 is 4.74 Å². The maximum Gasteiger partial charge on any atom is 0.337 e. The topological polar surface area (TPSA) is 35.5 Å². The summed E-state index contributed by atoms with van der Waals surface area (Å²) in [5, 5.41) is 0.581. The Morgan fingerprint density at radius 2 is 1.70 bits per heavy atom. The van der Waals surface area contributed by atoms with E-state index in [-0.39, 0.29) is 5.97 Å². The molecular formula is C15H13ClO3S. The molecule has 0 saturated carbocycles. The summed E-state index contributed by atoms with van der Waals surface area (Å²) in [6.45, 7) is 0. The van der Waals surface area contributed by atoms with E-state index in [1.807, 2.05) is 24.3 Å². The maximum atomic E-state index is 11.3. The number of benzene rings is 2. The highest BCUT2D eigenvalue weighted by Gasteiger charge is 2.06. The minimum absolute atomic E-state index is 0.338. The van der Waals surface area contributed by atoms with Gasteiger partial charge in [-0.1, -0.05) is 23.4 Å². The Morgan fingerprint density at radius 3 is 2.30 bits per heavy atom. The molecule has 0 saturated heterocycles. The fourth-order valence-electron chi connectivity index (χ4n) is 1.62. The molecule has 0 aromatic heterocycles. The second-order valence-corrected chi connectivity index (χ2v) is 5.47. The molecule has 0 aliphatic rings. The lowest BCUT2D eigenvalue weighted by atomic mass is 10.2. The van der Waals surface area contributed by atoms with Crippen LogP contribution in [0.25, 0.3) is 0 Å². The van der Waals surface area contributed by atoms with Gasteiger partial charge in [-0.3, -0.25) is 0 Å². The maximum absolute atomic E-state index is 11.3. The minimum atomic E-state index is -0.338. The molecule has 0 heterocycles. The van der Waals surface area contributed by atoms with Gasteiger partial charge in [-0.25, -0.2) is 4.79 Å². The Balaban J connectivity index is 2.16. The average molecular weight is 309 g/mol. The first kappa shape index (κ1) is 14.8. The lowest BCUT2D eigenvalue weighted by Gasteiger charge is -2.07. The van der Waals surface area contributed by atoms with E-state index in [9.17, 15) is 4.79 Å². The SMILES string of the molecule is COC(=O)c1ccc(Sc2ccc(Cl)c(OC)c2)cc1. The number of hydrogen-bond donors (Lipinski definition) is 0. The first-order chi connectivity index (χ1) is 9.63. The molecule has 0 atom stereocenters. The molecule has 3 nitrogen and oxygen atoms in total. The zero-order valence-corrected chi connectivity index (χ0v) is 12.6. The minimum Gasteiger partial charge on any atom is -0.495 e. The Morgan fingerprint density at radius 1 is 1.05 bits per heavy atom. The van der Waals surface area contributed by atoms with Gasteiger partial charge in [0, 0.05) is 9.79 Å². The highest BCUT2D eigenvalue weighted by molar-refractivity contribution is 7.99.